The van der Waals surface area contributed by atoms with Crippen LogP contribution in [-0.4, -0.2) is 28.1 Å². The van der Waals surface area contributed by atoms with E-state index in [4.69, 9.17) is 0 Å². The van der Waals surface area contributed by atoms with Gasteiger partial charge in [-0.2, -0.15) is 5.10 Å². The fourth-order valence-corrected chi connectivity index (χ4v) is 3.77. The molecule has 0 spiro atoms. The molecule has 1 aliphatic heterocycles. The minimum absolute atomic E-state index is 0.0183. The van der Waals surface area contributed by atoms with E-state index in [-0.39, 0.29) is 17.9 Å². The number of aryl methyl sites for hydroxylation is 2. The van der Waals surface area contributed by atoms with Crippen molar-refractivity contribution >= 4 is 17.5 Å². The zero-order valence-corrected chi connectivity index (χ0v) is 14.4. The predicted octanol–water partition coefficient (Wildman–Crippen LogP) is 2.35. The monoisotopic (exact) mass is 338 g/mol. The summed E-state index contributed by atoms with van der Waals surface area (Å²) in [7, 11) is 1.91. The Hall–Kier alpha value is -2.63. The quantitative estimate of drug-likeness (QED) is 0.934. The highest BCUT2D eigenvalue weighted by molar-refractivity contribution is 5.97. The predicted molar refractivity (Wildman–Crippen MR) is 94.4 cm³/mol. The lowest BCUT2D eigenvalue weighted by molar-refractivity contribution is -0.117. The van der Waals surface area contributed by atoms with Gasteiger partial charge >= 0.3 is 0 Å². The number of rotatable bonds is 3. The number of benzene rings is 1. The van der Waals surface area contributed by atoms with Crippen LogP contribution in [0, 0.1) is 0 Å². The lowest BCUT2D eigenvalue weighted by Gasteiger charge is -2.23. The van der Waals surface area contributed by atoms with Crippen molar-refractivity contribution in [1.29, 1.82) is 0 Å². The first kappa shape index (κ1) is 15.9. The van der Waals surface area contributed by atoms with Crippen molar-refractivity contribution in [3.05, 3.63) is 47.3 Å². The largest absolute Gasteiger partial charge is 0.345 e. The molecule has 0 radical (unpaired) electrons. The van der Waals surface area contributed by atoms with Gasteiger partial charge in [-0.1, -0.05) is 0 Å². The Morgan fingerprint density at radius 1 is 1.20 bits per heavy atom. The van der Waals surface area contributed by atoms with Gasteiger partial charge in [0.2, 0.25) is 5.91 Å². The van der Waals surface area contributed by atoms with Gasteiger partial charge in [-0.05, 0) is 49.9 Å². The van der Waals surface area contributed by atoms with Gasteiger partial charge in [0.1, 0.15) is 0 Å². The van der Waals surface area contributed by atoms with Crippen molar-refractivity contribution in [2.24, 2.45) is 7.05 Å². The maximum absolute atomic E-state index is 12.6. The summed E-state index contributed by atoms with van der Waals surface area (Å²) in [6, 6.07) is 7.32. The maximum Gasteiger partial charge on any atom is 0.251 e. The number of fused-ring (bicyclic) bond motifs is 1. The normalized spacial score (nSPS) is 19.8. The smallest absolute Gasteiger partial charge is 0.251 e. The highest BCUT2D eigenvalue weighted by Crippen LogP contribution is 2.29. The van der Waals surface area contributed by atoms with Crippen molar-refractivity contribution < 1.29 is 9.59 Å². The molecule has 4 rings (SSSR count). The number of carbonyl (C=O) groups is 2. The van der Waals surface area contributed by atoms with Crippen LogP contribution in [0.3, 0.4) is 0 Å². The highest BCUT2D eigenvalue weighted by Gasteiger charge is 2.25. The molecule has 0 bridgehead atoms. The van der Waals surface area contributed by atoms with E-state index in [0.717, 1.165) is 49.2 Å². The topological polar surface area (TPSA) is 67.2 Å². The number of hydrogen-bond donors (Lipinski definition) is 1. The van der Waals surface area contributed by atoms with E-state index < -0.39 is 0 Å². The van der Waals surface area contributed by atoms with E-state index in [1.54, 1.807) is 17.0 Å². The van der Waals surface area contributed by atoms with Crippen LogP contribution in [-0.2, 0) is 18.3 Å². The molecule has 6 nitrogen and oxygen atoms in total. The summed E-state index contributed by atoms with van der Waals surface area (Å²) in [6.45, 7) is 0.760. The average molecular weight is 338 g/mol. The highest BCUT2D eigenvalue weighted by atomic mass is 16.2. The van der Waals surface area contributed by atoms with Gasteiger partial charge in [0.05, 0.1) is 11.7 Å². The van der Waals surface area contributed by atoms with E-state index in [0.29, 0.717) is 12.0 Å². The molecule has 1 N–H and O–H groups in total. The van der Waals surface area contributed by atoms with Crippen LogP contribution in [0.1, 0.15) is 53.3 Å². The van der Waals surface area contributed by atoms with E-state index in [2.05, 4.69) is 10.4 Å². The molecule has 1 aliphatic carbocycles. The van der Waals surface area contributed by atoms with Crippen molar-refractivity contribution in [2.45, 2.75) is 38.1 Å². The number of anilines is 1. The molecule has 1 aromatic heterocycles. The molecule has 6 heteroatoms. The Morgan fingerprint density at radius 2 is 2.00 bits per heavy atom. The number of nitrogens with one attached hydrogen (secondary N) is 1. The molecule has 0 unspecified atom stereocenters. The second-order valence-electron chi connectivity index (χ2n) is 6.82. The number of nitrogens with zero attached hydrogens (tertiary/aromatic N) is 3. The first-order valence-electron chi connectivity index (χ1n) is 8.85. The maximum atomic E-state index is 12.6. The molecular formula is C19H22N4O2. The first-order valence-corrected chi connectivity index (χ1v) is 8.85. The van der Waals surface area contributed by atoms with Gasteiger partial charge in [-0.3, -0.25) is 14.3 Å². The summed E-state index contributed by atoms with van der Waals surface area (Å²) >= 11 is 0. The van der Waals surface area contributed by atoms with Crippen LogP contribution >= 0.6 is 0 Å². The number of aromatic nitrogens is 2. The van der Waals surface area contributed by atoms with Gasteiger partial charge < -0.3 is 10.2 Å². The summed E-state index contributed by atoms with van der Waals surface area (Å²) in [5.41, 5.74) is 3.70. The van der Waals surface area contributed by atoms with Gasteiger partial charge in [0.15, 0.2) is 0 Å². The van der Waals surface area contributed by atoms with Gasteiger partial charge in [-0.15, -0.1) is 0 Å². The third-order valence-electron chi connectivity index (χ3n) is 5.04. The summed E-state index contributed by atoms with van der Waals surface area (Å²) in [4.78, 5) is 26.2. The van der Waals surface area contributed by atoms with E-state index in [1.165, 1.54) is 0 Å². The molecule has 25 heavy (non-hydrogen) atoms. The Balaban J connectivity index is 1.47. The van der Waals surface area contributed by atoms with Gasteiger partial charge in [-0.25, -0.2) is 0 Å². The van der Waals surface area contributed by atoms with Crippen molar-refractivity contribution in [1.82, 2.24) is 15.1 Å². The van der Waals surface area contributed by atoms with Crippen molar-refractivity contribution in [2.75, 3.05) is 11.4 Å². The molecule has 130 valence electrons. The first-order chi connectivity index (χ1) is 12.1. The Morgan fingerprint density at radius 3 is 2.72 bits per heavy atom. The molecule has 2 aliphatic rings. The summed E-state index contributed by atoms with van der Waals surface area (Å²) in [6.07, 6.45) is 6.45. The zero-order valence-electron chi connectivity index (χ0n) is 14.4. The molecule has 1 atom stereocenters. The van der Waals surface area contributed by atoms with Crippen LogP contribution < -0.4 is 10.2 Å². The van der Waals surface area contributed by atoms with Crippen LogP contribution in [0.25, 0.3) is 0 Å². The Bertz CT molecular complexity index is 809. The van der Waals surface area contributed by atoms with E-state index in [9.17, 15) is 9.59 Å². The minimum atomic E-state index is -0.0824. The van der Waals surface area contributed by atoms with Crippen molar-refractivity contribution in [3.8, 4) is 0 Å². The zero-order chi connectivity index (χ0) is 17.4. The van der Waals surface area contributed by atoms with Crippen LogP contribution in [0.4, 0.5) is 5.69 Å². The number of carbonyl (C=O) groups excluding carboxylic acids is 2. The molecule has 1 aromatic carbocycles. The fourth-order valence-electron chi connectivity index (χ4n) is 3.77. The third-order valence-corrected chi connectivity index (χ3v) is 5.04. The van der Waals surface area contributed by atoms with Gasteiger partial charge in [0, 0.05) is 43.0 Å². The molecular weight excluding hydrogens is 316 g/mol. The SMILES string of the molecule is Cn1cc2c(n1)CCC[C@H]2NC(=O)c1ccc(N2CCCC2=O)cc1. The molecule has 2 heterocycles. The minimum Gasteiger partial charge on any atom is -0.345 e. The second-order valence-corrected chi connectivity index (χ2v) is 6.82. The lowest BCUT2D eigenvalue weighted by atomic mass is 9.93. The number of amides is 2. The Labute approximate surface area is 146 Å². The molecule has 2 amide bonds. The molecule has 1 fully saturated rings. The number of hydrogen-bond acceptors (Lipinski definition) is 3. The van der Waals surface area contributed by atoms with Crippen LogP contribution in [0.5, 0.6) is 0 Å². The van der Waals surface area contributed by atoms with Crippen LogP contribution in [0.2, 0.25) is 0 Å². The van der Waals surface area contributed by atoms with Crippen molar-refractivity contribution in [3.63, 3.8) is 0 Å². The molecule has 2 aromatic rings. The molecule has 0 saturated carbocycles. The summed E-state index contributed by atoms with van der Waals surface area (Å²) in [5.74, 6) is 0.0736. The molecule has 1 saturated heterocycles. The summed E-state index contributed by atoms with van der Waals surface area (Å²) < 4.78 is 1.82. The van der Waals surface area contributed by atoms with Crippen LogP contribution in [0.15, 0.2) is 30.5 Å². The van der Waals surface area contributed by atoms with E-state index >= 15 is 0 Å². The lowest BCUT2D eigenvalue weighted by Crippen LogP contribution is -2.30. The average Bonchev–Trinajstić information content (AvgIpc) is 3.20. The fraction of sp³-hybridized carbons (Fsp3) is 0.421. The van der Waals surface area contributed by atoms with E-state index in [1.807, 2.05) is 30.1 Å². The second kappa shape index (κ2) is 6.35. The third kappa shape index (κ3) is 3.04. The summed E-state index contributed by atoms with van der Waals surface area (Å²) in [5, 5.41) is 7.60. The van der Waals surface area contributed by atoms with Gasteiger partial charge in [0.25, 0.3) is 5.91 Å². The standard InChI is InChI=1S/C19H22N4O2/c1-22-12-15-16(4-2-5-17(15)21-22)20-19(25)13-7-9-14(10-8-13)23-11-3-6-18(23)24/h7-10,12,16H,2-6,11H2,1H3,(H,20,25)/t16-/m1/s1. The Kier molecular flexibility index (Phi) is 4.03.